The number of aliphatic hydroxyl groups is 1. The number of rotatable bonds is 5. The first-order chi connectivity index (χ1) is 15.4. The van der Waals surface area contributed by atoms with Crippen LogP contribution in [0.25, 0.3) is 0 Å². The molecule has 2 unspecified atom stereocenters. The molecule has 0 spiro atoms. The lowest BCUT2D eigenvalue weighted by atomic mass is 9.96. The SMILES string of the molecule is CC1CN([C@H]2CC[C@@H](n3ccnc3)C2)CCN1S(=O)(=O)c1ccc(C(C)(O)C(F)(F)F)cc1. The van der Waals surface area contributed by atoms with Gasteiger partial charge in [-0.05, 0) is 50.8 Å². The van der Waals surface area contributed by atoms with E-state index >= 15 is 0 Å². The van der Waals surface area contributed by atoms with E-state index in [-0.39, 0.29) is 10.9 Å². The molecule has 33 heavy (non-hydrogen) atoms. The Morgan fingerprint density at radius 1 is 1.09 bits per heavy atom. The maximum absolute atomic E-state index is 13.2. The third-order valence-corrected chi connectivity index (χ3v) is 9.04. The molecule has 1 saturated carbocycles. The maximum Gasteiger partial charge on any atom is 0.421 e. The van der Waals surface area contributed by atoms with Crippen LogP contribution >= 0.6 is 0 Å². The number of hydrogen-bond acceptors (Lipinski definition) is 5. The third-order valence-electron chi connectivity index (χ3n) is 7.01. The summed E-state index contributed by atoms with van der Waals surface area (Å²) in [6, 6.07) is 4.84. The van der Waals surface area contributed by atoms with Gasteiger partial charge in [0.25, 0.3) is 0 Å². The first kappa shape index (κ1) is 24.2. The van der Waals surface area contributed by atoms with Crippen LogP contribution in [0.3, 0.4) is 0 Å². The van der Waals surface area contributed by atoms with E-state index in [0.717, 1.165) is 43.5 Å². The average Bonchev–Trinajstić information content (AvgIpc) is 3.44. The normalized spacial score (nSPS) is 27.5. The fourth-order valence-corrected chi connectivity index (χ4v) is 6.54. The van der Waals surface area contributed by atoms with Crippen molar-refractivity contribution in [2.75, 3.05) is 19.6 Å². The van der Waals surface area contributed by atoms with Gasteiger partial charge in [0.05, 0.1) is 11.2 Å². The predicted molar refractivity (Wildman–Crippen MR) is 116 cm³/mol. The molecule has 1 aliphatic carbocycles. The van der Waals surface area contributed by atoms with Crippen LogP contribution in [0.15, 0.2) is 47.9 Å². The van der Waals surface area contributed by atoms with Crippen LogP contribution in [0, 0.1) is 0 Å². The lowest BCUT2D eigenvalue weighted by molar-refractivity contribution is -0.258. The maximum atomic E-state index is 13.2. The first-order valence-electron chi connectivity index (χ1n) is 11.0. The van der Waals surface area contributed by atoms with E-state index in [2.05, 4.69) is 14.5 Å². The van der Waals surface area contributed by atoms with Gasteiger partial charge in [0, 0.05) is 50.2 Å². The number of benzene rings is 1. The van der Waals surface area contributed by atoms with E-state index in [1.54, 1.807) is 6.20 Å². The van der Waals surface area contributed by atoms with Gasteiger partial charge < -0.3 is 9.67 Å². The summed E-state index contributed by atoms with van der Waals surface area (Å²) in [7, 11) is -3.87. The number of alkyl halides is 3. The summed E-state index contributed by atoms with van der Waals surface area (Å²) < 4.78 is 69.2. The summed E-state index contributed by atoms with van der Waals surface area (Å²) in [6.07, 6.45) is 3.81. The molecule has 2 aromatic rings. The highest BCUT2D eigenvalue weighted by Gasteiger charge is 2.51. The molecule has 1 N–H and O–H groups in total. The Bertz CT molecular complexity index is 1060. The monoisotopic (exact) mass is 486 g/mol. The Labute approximate surface area is 191 Å². The number of hydrogen-bond donors (Lipinski definition) is 1. The Morgan fingerprint density at radius 3 is 2.33 bits per heavy atom. The van der Waals surface area contributed by atoms with Gasteiger partial charge in [-0.2, -0.15) is 17.5 Å². The zero-order chi connectivity index (χ0) is 24.0. The van der Waals surface area contributed by atoms with Crippen LogP contribution in [0.1, 0.15) is 44.7 Å². The minimum atomic E-state index is -4.87. The average molecular weight is 487 g/mol. The molecule has 1 aromatic heterocycles. The second-order valence-electron chi connectivity index (χ2n) is 9.18. The van der Waals surface area contributed by atoms with E-state index in [1.807, 2.05) is 19.4 Å². The Morgan fingerprint density at radius 2 is 1.76 bits per heavy atom. The quantitative estimate of drug-likeness (QED) is 0.703. The minimum absolute atomic E-state index is 0.0782. The number of imidazole rings is 1. The summed E-state index contributed by atoms with van der Waals surface area (Å²) in [5, 5.41) is 9.82. The van der Waals surface area contributed by atoms with Crippen molar-refractivity contribution in [1.82, 2.24) is 18.8 Å². The number of aromatic nitrogens is 2. The van der Waals surface area contributed by atoms with E-state index in [1.165, 1.54) is 4.31 Å². The van der Waals surface area contributed by atoms with Crippen LogP contribution in [-0.4, -0.2) is 70.2 Å². The van der Waals surface area contributed by atoms with Crippen molar-refractivity contribution in [2.45, 2.75) is 67.9 Å². The summed E-state index contributed by atoms with van der Waals surface area (Å²) in [5.41, 5.74) is -3.45. The largest absolute Gasteiger partial charge is 0.421 e. The van der Waals surface area contributed by atoms with E-state index in [0.29, 0.717) is 38.6 Å². The standard InChI is InChI=1S/C22H29F3N4O3S/c1-16-14-27(18-5-6-19(13-18)28-10-9-26-15-28)11-12-29(16)33(31,32)20-7-3-17(4-8-20)21(2,30)22(23,24)25/h3-4,7-10,15-16,18-19,30H,5-6,11-14H2,1-2H3/t16?,18-,19+,21?/m0/s1. The van der Waals surface area contributed by atoms with Crippen molar-refractivity contribution < 1.29 is 26.7 Å². The Hall–Kier alpha value is -1.95. The van der Waals surface area contributed by atoms with Crippen LogP contribution in [0.2, 0.25) is 0 Å². The minimum Gasteiger partial charge on any atom is -0.376 e. The van der Waals surface area contributed by atoms with Crippen LogP contribution < -0.4 is 0 Å². The lowest BCUT2D eigenvalue weighted by Gasteiger charge is -2.41. The molecule has 1 aromatic carbocycles. The summed E-state index contributed by atoms with van der Waals surface area (Å²) in [6.45, 7) is 4.03. The molecule has 1 aliphatic heterocycles. The van der Waals surface area contributed by atoms with Gasteiger partial charge in [-0.3, -0.25) is 4.90 Å². The second kappa shape index (κ2) is 8.68. The van der Waals surface area contributed by atoms with E-state index in [9.17, 15) is 26.7 Å². The number of piperazine rings is 1. The molecule has 2 fully saturated rings. The predicted octanol–water partition coefficient (Wildman–Crippen LogP) is 3.14. The van der Waals surface area contributed by atoms with E-state index < -0.39 is 27.4 Å². The first-order valence-corrected chi connectivity index (χ1v) is 12.5. The zero-order valence-electron chi connectivity index (χ0n) is 18.6. The van der Waals surface area contributed by atoms with Gasteiger partial charge in [0.15, 0.2) is 5.60 Å². The van der Waals surface area contributed by atoms with Gasteiger partial charge in [-0.25, -0.2) is 13.4 Å². The van der Waals surface area contributed by atoms with E-state index in [4.69, 9.17) is 0 Å². The van der Waals surface area contributed by atoms with Crippen LogP contribution in [0.5, 0.6) is 0 Å². The van der Waals surface area contributed by atoms with Crippen molar-refractivity contribution in [1.29, 1.82) is 0 Å². The van der Waals surface area contributed by atoms with Gasteiger partial charge in [-0.15, -0.1) is 0 Å². The molecular formula is C22H29F3N4O3S. The molecule has 4 rings (SSSR count). The topological polar surface area (TPSA) is 78.7 Å². The van der Waals surface area contributed by atoms with Gasteiger partial charge >= 0.3 is 6.18 Å². The molecule has 11 heteroatoms. The highest BCUT2D eigenvalue weighted by Crippen LogP contribution is 2.39. The summed E-state index contributed by atoms with van der Waals surface area (Å²) >= 11 is 0. The molecule has 0 amide bonds. The van der Waals surface area contributed by atoms with Gasteiger partial charge in [-0.1, -0.05) is 12.1 Å². The molecule has 182 valence electrons. The van der Waals surface area contributed by atoms with Gasteiger partial charge in [0.1, 0.15) is 0 Å². The Balaban J connectivity index is 1.43. The highest BCUT2D eigenvalue weighted by atomic mass is 32.2. The van der Waals surface area contributed by atoms with Crippen molar-refractivity contribution in [3.63, 3.8) is 0 Å². The summed E-state index contributed by atoms with van der Waals surface area (Å²) in [5.74, 6) is 0. The smallest absolute Gasteiger partial charge is 0.376 e. The lowest BCUT2D eigenvalue weighted by Crippen LogP contribution is -2.56. The Kier molecular flexibility index (Phi) is 6.36. The molecule has 0 radical (unpaired) electrons. The summed E-state index contributed by atoms with van der Waals surface area (Å²) in [4.78, 5) is 6.39. The zero-order valence-corrected chi connectivity index (χ0v) is 19.4. The van der Waals surface area contributed by atoms with Crippen molar-refractivity contribution in [3.8, 4) is 0 Å². The molecule has 2 aliphatic rings. The molecular weight excluding hydrogens is 457 g/mol. The second-order valence-corrected chi connectivity index (χ2v) is 11.1. The fourth-order valence-electron chi connectivity index (χ4n) is 4.93. The van der Waals surface area contributed by atoms with Crippen LogP contribution in [0.4, 0.5) is 13.2 Å². The number of nitrogens with zero attached hydrogens (tertiary/aromatic N) is 4. The number of sulfonamides is 1. The highest BCUT2D eigenvalue weighted by molar-refractivity contribution is 7.89. The van der Waals surface area contributed by atoms with Crippen molar-refractivity contribution >= 4 is 10.0 Å². The van der Waals surface area contributed by atoms with Crippen LogP contribution in [-0.2, 0) is 15.6 Å². The molecule has 4 atom stereocenters. The molecule has 7 nitrogen and oxygen atoms in total. The fraction of sp³-hybridized carbons (Fsp3) is 0.591. The molecule has 1 saturated heterocycles. The number of halogens is 3. The van der Waals surface area contributed by atoms with Crippen molar-refractivity contribution in [3.05, 3.63) is 48.5 Å². The van der Waals surface area contributed by atoms with Gasteiger partial charge in [0.2, 0.25) is 10.0 Å². The third kappa shape index (κ3) is 4.55. The molecule has 0 bridgehead atoms. The molecule has 2 heterocycles. The van der Waals surface area contributed by atoms with Crippen molar-refractivity contribution in [2.24, 2.45) is 0 Å².